The number of aliphatic imine (C=N–C) groups is 3. The van der Waals surface area contributed by atoms with Crippen molar-refractivity contribution in [2.45, 2.75) is 0 Å². The summed E-state index contributed by atoms with van der Waals surface area (Å²) in [7, 11) is 0. The third-order valence-corrected chi connectivity index (χ3v) is 1.21. The van der Waals surface area contributed by atoms with Crippen molar-refractivity contribution in [3.05, 3.63) is 36.9 Å². The van der Waals surface area contributed by atoms with E-state index in [1.807, 2.05) is 0 Å². The van der Waals surface area contributed by atoms with Crippen molar-refractivity contribution in [3.63, 3.8) is 0 Å². The number of nitrogens with zero attached hydrogens (tertiary/aromatic N) is 3. The zero-order valence-corrected chi connectivity index (χ0v) is 7.65. The zero-order valence-electron chi connectivity index (χ0n) is 7.65. The molecule has 0 saturated heterocycles. The Morgan fingerprint density at radius 2 is 1.86 bits per heavy atom. The van der Waals surface area contributed by atoms with Crippen molar-refractivity contribution in [3.8, 4) is 0 Å². The number of allylic oxidation sites excluding steroid dienone is 2. The number of hydrogen-bond acceptors (Lipinski definition) is 4. The van der Waals surface area contributed by atoms with Gasteiger partial charge in [-0.3, -0.25) is 4.99 Å². The van der Waals surface area contributed by atoms with Crippen molar-refractivity contribution in [2.24, 2.45) is 15.0 Å². The first-order chi connectivity index (χ1) is 7.00. The van der Waals surface area contributed by atoms with Gasteiger partial charge in [-0.25, -0.2) is 9.98 Å². The van der Waals surface area contributed by atoms with E-state index in [1.54, 1.807) is 49.3 Å². The first-order valence-electron chi connectivity index (χ1n) is 4.15. The maximum Gasteiger partial charge on any atom is 0.115 e. The van der Waals surface area contributed by atoms with Gasteiger partial charge in [0.1, 0.15) is 12.9 Å². The van der Waals surface area contributed by atoms with E-state index >= 15 is 0 Å². The molecule has 0 atom stereocenters. The SMILES string of the molecule is C1=NC=N/C=C\CO\C=C/C=N\C=C/1. The van der Waals surface area contributed by atoms with Crippen LogP contribution in [0.2, 0.25) is 0 Å². The van der Waals surface area contributed by atoms with Crippen LogP contribution in [0.5, 0.6) is 0 Å². The summed E-state index contributed by atoms with van der Waals surface area (Å²) in [6.45, 7) is 0.487. The Kier molecular flexibility index (Phi) is 5.54. The predicted molar refractivity (Wildman–Crippen MR) is 58.8 cm³/mol. The second-order valence-corrected chi connectivity index (χ2v) is 2.25. The van der Waals surface area contributed by atoms with Crippen molar-refractivity contribution in [1.82, 2.24) is 0 Å². The Morgan fingerprint density at radius 3 is 2.86 bits per heavy atom. The third kappa shape index (κ3) is 5.65. The van der Waals surface area contributed by atoms with Gasteiger partial charge in [0.15, 0.2) is 0 Å². The Morgan fingerprint density at radius 1 is 0.929 bits per heavy atom. The molecule has 0 saturated carbocycles. The van der Waals surface area contributed by atoms with Crippen LogP contribution in [-0.2, 0) is 4.74 Å². The van der Waals surface area contributed by atoms with Crippen molar-refractivity contribution >= 4 is 18.8 Å². The van der Waals surface area contributed by atoms with Crippen LogP contribution in [0.25, 0.3) is 0 Å². The van der Waals surface area contributed by atoms with Gasteiger partial charge in [-0.15, -0.1) is 0 Å². The molecule has 4 heteroatoms. The normalized spacial score (nSPS) is 25.7. The number of hydrogen-bond donors (Lipinski definition) is 0. The fourth-order valence-corrected chi connectivity index (χ4v) is 0.658. The summed E-state index contributed by atoms with van der Waals surface area (Å²) in [5.74, 6) is 0. The average molecular weight is 189 g/mol. The molecule has 72 valence electrons. The molecule has 0 bridgehead atoms. The van der Waals surface area contributed by atoms with Gasteiger partial charge in [-0.2, -0.15) is 0 Å². The van der Waals surface area contributed by atoms with E-state index in [-0.39, 0.29) is 0 Å². The van der Waals surface area contributed by atoms with Gasteiger partial charge in [0.05, 0.1) is 6.26 Å². The Labute approximate surface area is 82.7 Å². The van der Waals surface area contributed by atoms with E-state index < -0.39 is 0 Å². The largest absolute Gasteiger partial charge is 0.497 e. The highest BCUT2D eigenvalue weighted by Crippen LogP contribution is 1.82. The van der Waals surface area contributed by atoms with Gasteiger partial charge >= 0.3 is 0 Å². The maximum atomic E-state index is 5.08. The molecule has 0 aliphatic carbocycles. The molecule has 4 nitrogen and oxygen atoms in total. The van der Waals surface area contributed by atoms with Crippen molar-refractivity contribution in [1.29, 1.82) is 0 Å². The maximum absolute atomic E-state index is 5.08. The Hall–Kier alpha value is -1.97. The van der Waals surface area contributed by atoms with Crippen molar-refractivity contribution < 1.29 is 4.74 Å². The Balaban J connectivity index is 2.56. The molecule has 14 heavy (non-hydrogen) atoms. The molecule has 0 fully saturated rings. The molecule has 1 heterocycles. The molecule has 0 amide bonds. The molecule has 1 aliphatic rings. The van der Waals surface area contributed by atoms with Gasteiger partial charge in [-0.1, -0.05) is 0 Å². The molecule has 0 unspecified atom stereocenters. The van der Waals surface area contributed by atoms with Crippen molar-refractivity contribution in [2.75, 3.05) is 6.61 Å². The lowest BCUT2D eigenvalue weighted by molar-refractivity contribution is 0.290. The van der Waals surface area contributed by atoms with Gasteiger partial charge in [-0.05, 0) is 18.2 Å². The first-order valence-corrected chi connectivity index (χ1v) is 4.15. The minimum absolute atomic E-state index is 0.487. The fourth-order valence-electron chi connectivity index (χ4n) is 0.658. The highest BCUT2D eigenvalue weighted by atomic mass is 16.5. The molecule has 0 spiro atoms. The summed E-state index contributed by atoms with van der Waals surface area (Å²) in [4.78, 5) is 11.7. The van der Waals surface area contributed by atoms with E-state index in [9.17, 15) is 0 Å². The van der Waals surface area contributed by atoms with Gasteiger partial charge in [0, 0.05) is 24.8 Å². The second kappa shape index (κ2) is 7.67. The van der Waals surface area contributed by atoms with Gasteiger partial charge in [0.25, 0.3) is 0 Å². The monoisotopic (exact) mass is 189 g/mol. The van der Waals surface area contributed by atoms with Crippen LogP contribution in [0, 0.1) is 0 Å². The van der Waals surface area contributed by atoms with Crippen LogP contribution >= 0.6 is 0 Å². The number of rotatable bonds is 0. The molecule has 1 aliphatic heterocycles. The quantitative estimate of drug-likeness (QED) is 0.572. The van der Waals surface area contributed by atoms with Crippen LogP contribution < -0.4 is 0 Å². The molecule has 0 aromatic carbocycles. The number of ether oxygens (including phenoxy) is 1. The predicted octanol–water partition coefficient (Wildman–Crippen LogP) is 1.73. The van der Waals surface area contributed by atoms with Gasteiger partial charge < -0.3 is 4.74 Å². The van der Waals surface area contributed by atoms with Crippen LogP contribution in [0.15, 0.2) is 51.9 Å². The van der Waals surface area contributed by atoms with E-state index in [4.69, 9.17) is 4.74 Å². The van der Waals surface area contributed by atoms with Crippen LogP contribution in [-0.4, -0.2) is 25.4 Å². The molecule has 1 rings (SSSR count). The molecule has 0 N–H and O–H groups in total. The van der Waals surface area contributed by atoms with Crippen LogP contribution in [0.3, 0.4) is 0 Å². The minimum atomic E-state index is 0.487. The smallest absolute Gasteiger partial charge is 0.115 e. The minimum Gasteiger partial charge on any atom is -0.497 e. The highest BCUT2D eigenvalue weighted by molar-refractivity contribution is 5.80. The zero-order chi connectivity index (χ0) is 9.90. The molecule has 0 aromatic rings. The topological polar surface area (TPSA) is 46.3 Å². The third-order valence-electron chi connectivity index (χ3n) is 1.21. The summed E-state index contributed by atoms with van der Waals surface area (Å²) in [5, 5.41) is 0. The second-order valence-electron chi connectivity index (χ2n) is 2.25. The lowest BCUT2D eigenvalue weighted by atomic mass is 10.6. The van der Waals surface area contributed by atoms with E-state index in [2.05, 4.69) is 15.0 Å². The molecular weight excluding hydrogens is 178 g/mol. The summed E-state index contributed by atoms with van der Waals surface area (Å²) in [6.07, 6.45) is 14.7. The van der Waals surface area contributed by atoms with E-state index in [0.29, 0.717) is 6.61 Å². The fraction of sp³-hybridized carbons (Fsp3) is 0.100. The average Bonchev–Trinajstić information content (AvgIpc) is 2.22. The van der Waals surface area contributed by atoms with E-state index in [0.717, 1.165) is 0 Å². The summed E-state index contributed by atoms with van der Waals surface area (Å²) >= 11 is 0. The molecular formula is C10H11N3O. The standard InChI is InChI=1S/C10H11N3O/c1-4-11-6-2-8-14-9-3-7-13-10-12-5-1/h1-8,10H,9H2/b4-1-,7-3-,8-2-,11-6-,12-5?,13-10?. The lowest BCUT2D eigenvalue weighted by Gasteiger charge is -1.90. The molecule has 0 radical (unpaired) electrons. The summed E-state index contributed by atoms with van der Waals surface area (Å²) in [6, 6.07) is 0. The summed E-state index contributed by atoms with van der Waals surface area (Å²) < 4.78 is 5.08. The summed E-state index contributed by atoms with van der Waals surface area (Å²) in [5.41, 5.74) is 0. The van der Waals surface area contributed by atoms with E-state index in [1.165, 1.54) is 6.34 Å². The van der Waals surface area contributed by atoms with Crippen LogP contribution in [0.4, 0.5) is 0 Å². The van der Waals surface area contributed by atoms with Gasteiger partial charge in [0.2, 0.25) is 0 Å². The Bertz CT molecular complexity index is 279. The highest BCUT2D eigenvalue weighted by Gasteiger charge is 1.73. The van der Waals surface area contributed by atoms with Crippen LogP contribution in [0.1, 0.15) is 0 Å². The first kappa shape index (κ1) is 10.1. The molecule has 0 aromatic heterocycles. The lowest BCUT2D eigenvalue weighted by Crippen LogP contribution is -1.80.